The molecule has 0 saturated heterocycles. The second-order valence-electron chi connectivity index (χ2n) is 5.01. The molecule has 19 heavy (non-hydrogen) atoms. The maximum atomic E-state index is 12.2. The Morgan fingerprint density at radius 1 is 1.53 bits per heavy atom. The van der Waals surface area contributed by atoms with E-state index in [2.05, 4.69) is 5.32 Å². The Morgan fingerprint density at radius 3 is 2.79 bits per heavy atom. The molecule has 1 heterocycles. The smallest absolute Gasteiger partial charge is 0.268 e. The average Bonchev–Trinajstić information content (AvgIpc) is 2.69. The lowest BCUT2D eigenvalue weighted by Gasteiger charge is -2.31. The van der Waals surface area contributed by atoms with E-state index in [1.807, 2.05) is 7.05 Å². The SMILES string of the molecule is Cl.Cn1cc(Cl)cc1C(=O)NC1CCCCC1CN. The quantitative estimate of drug-likeness (QED) is 0.900. The Labute approximate surface area is 125 Å². The molecule has 2 unspecified atom stereocenters. The highest BCUT2D eigenvalue weighted by atomic mass is 35.5. The van der Waals surface area contributed by atoms with Crippen molar-refractivity contribution < 1.29 is 4.79 Å². The predicted molar refractivity (Wildman–Crippen MR) is 79.9 cm³/mol. The zero-order valence-corrected chi connectivity index (χ0v) is 12.6. The van der Waals surface area contributed by atoms with Gasteiger partial charge in [-0.15, -0.1) is 12.4 Å². The van der Waals surface area contributed by atoms with Crippen LogP contribution in [0.5, 0.6) is 0 Å². The molecule has 1 aliphatic rings. The lowest BCUT2D eigenvalue weighted by atomic mass is 9.84. The van der Waals surface area contributed by atoms with Crippen molar-refractivity contribution >= 4 is 29.9 Å². The molecule has 1 fully saturated rings. The summed E-state index contributed by atoms with van der Waals surface area (Å²) in [7, 11) is 1.82. The summed E-state index contributed by atoms with van der Waals surface area (Å²) >= 11 is 5.89. The van der Waals surface area contributed by atoms with E-state index in [9.17, 15) is 4.79 Å². The summed E-state index contributed by atoms with van der Waals surface area (Å²) in [6, 6.07) is 1.89. The predicted octanol–water partition coefficient (Wildman–Crippen LogP) is 2.35. The van der Waals surface area contributed by atoms with Crippen molar-refractivity contribution in [3.05, 3.63) is 23.0 Å². The van der Waals surface area contributed by atoms with Gasteiger partial charge < -0.3 is 15.6 Å². The topological polar surface area (TPSA) is 60.0 Å². The fraction of sp³-hybridized carbons (Fsp3) is 0.615. The number of amides is 1. The zero-order valence-electron chi connectivity index (χ0n) is 11.1. The monoisotopic (exact) mass is 305 g/mol. The fourth-order valence-electron chi connectivity index (χ4n) is 2.67. The highest BCUT2D eigenvalue weighted by molar-refractivity contribution is 6.31. The third-order valence-corrected chi connectivity index (χ3v) is 3.94. The maximum absolute atomic E-state index is 12.2. The molecule has 1 saturated carbocycles. The van der Waals surface area contributed by atoms with Crippen molar-refractivity contribution in [2.75, 3.05) is 6.54 Å². The molecule has 1 aromatic rings. The number of aromatic nitrogens is 1. The van der Waals surface area contributed by atoms with Crippen LogP contribution in [0.15, 0.2) is 12.3 Å². The first kappa shape index (κ1) is 16.3. The molecule has 0 radical (unpaired) electrons. The molecule has 0 aliphatic heterocycles. The number of nitrogens with two attached hydrogens (primary N) is 1. The standard InChI is InChI=1S/C13H20ClN3O.ClH/c1-17-8-10(14)6-12(17)13(18)16-11-5-3-2-4-9(11)7-15;/h6,8-9,11H,2-5,7,15H2,1H3,(H,16,18);1H. The number of halogens is 2. The van der Waals surface area contributed by atoms with Crippen molar-refractivity contribution in [2.24, 2.45) is 18.7 Å². The van der Waals surface area contributed by atoms with Crippen molar-refractivity contribution in [1.29, 1.82) is 0 Å². The highest BCUT2D eigenvalue weighted by Crippen LogP contribution is 2.24. The number of carbonyl (C=O) groups is 1. The molecule has 0 aromatic carbocycles. The molecule has 0 bridgehead atoms. The molecule has 0 spiro atoms. The van der Waals surface area contributed by atoms with E-state index < -0.39 is 0 Å². The fourth-order valence-corrected chi connectivity index (χ4v) is 2.92. The van der Waals surface area contributed by atoms with E-state index in [0.717, 1.165) is 19.3 Å². The molecule has 1 amide bonds. The van der Waals surface area contributed by atoms with Gasteiger partial charge in [-0.25, -0.2) is 0 Å². The zero-order chi connectivity index (χ0) is 13.1. The van der Waals surface area contributed by atoms with Crippen LogP contribution >= 0.6 is 24.0 Å². The van der Waals surface area contributed by atoms with Crippen molar-refractivity contribution in [3.63, 3.8) is 0 Å². The van der Waals surface area contributed by atoms with E-state index in [4.69, 9.17) is 17.3 Å². The summed E-state index contributed by atoms with van der Waals surface area (Å²) < 4.78 is 1.75. The van der Waals surface area contributed by atoms with Gasteiger partial charge in [0.15, 0.2) is 0 Å². The Balaban J connectivity index is 0.00000180. The van der Waals surface area contributed by atoms with Gasteiger partial charge in [-0.2, -0.15) is 0 Å². The van der Waals surface area contributed by atoms with E-state index in [-0.39, 0.29) is 24.4 Å². The number of aryl methyl sites for hydroxylation is 1. The highest BCUT2D eigenvalue weighted by Gasteiger charge is 2.26. The first-order valence-electron chi connectivity index (χ1n) is 6.44. The lowest BCUT2D eigenvalue weighted by Crippen LogP contribution is -2.45. The van der Waals surface area contributed by atoms with Gasteiger partial charge in [0.05, 0.1) is 5.02 Å². The minimum absolute atomic E-state index is 0. The van der Waals surface area contributed by atoms with Crippen LogP contribution in [0.25, 0.3) is 0 Å². The Morgan fingerprint density at radius 2 is 2.21 bits per heavy atom. The average molecular weight is 306 g/mol. The van der Waals surface area contributed by atoms with Gasteiger partial charge in [0.25, 0.3) is 5.91 Å². The van der Waals surface area contributed by atoms with Crippen LogP contribution in [-0.4, -0.2) is 23.1 Å². The van der Waals surface area contributed by atoms with E-state index in [0.29, 0.717) is 23.2 Å². The van der Waals surface area contributed by atoms with E-state index in [1.54, 1.807) is 16.8 Å². The van der Waals surface area contributed by atoms with Crippen molar-refractivity contribution in [3.8, 4) is 0 Å². The molecule has 108 valence electrons. The Kier molecular flexibility index (Phi) is 6.17. The van der Waals surface area contributed by atoms with Gasteiger partial charge in [0.2, 0.25) is 0 Å². The minimum Gasteiger partial charge on any atom is -0.348 e. The lowest BCUT2D eigenvalue weighted by molar-refractivity contribution is 0.0900. The molecule has 6 heteroatoms. The van der Waals surface area contributed by atoms with Gasteiger partial charge in [0, 0.05) is 19.3 Å². The van der Waals surface area contributed by atoms with Crippen LogP contribution in [0.2, 0.25) is 5.02 Å². The van der Waals surface area contributed by atoms with Crippen LogP contribution in [0.3, 0.4) is 0 Å². The minimum atomic E-state index is -0.0604. The molecule has 4 nitrogen and oxygen atoms in total. The number of rotatable bonds is 3. The third kappa shape index (κ3) is 3.88. The van der Waals surface area contributed by atoms with Crippen molar-refractivity contribution in [2.45, 2.75) is 31.7 Å². The number of hydrogen-bond donors (Lipinski definition) is 2. The molecule has 1 aliphatic carbocycles. The largest absolute Gasteiger partial charge is 0.348 e. The summed E-state index contributed by atoms with van der Waals surface area (Å²) in [5.41, 5.74) is 6.36. The first-order chi connectivity index (χ1) is 8.61. The molecule has 2 atom stereocenters. The molecule has 3 N–H and O–H groups in total. The molecule has 2 rings (SSSR count). The van der Waals surface area contributed by atoms with Gasteiger partial charge in [-0.1, -0.05) is 24.4 Å². The molecule has 1 aromatic heterocycles. The number of hydrogen-bond acceptors (Lipinski definition) is 2. The second kappa shape index (κ2) is 7.17. The normalized spacial score (nSPS) is 22.7. The number of nitrogens with zero attached hydrogens (tertiary/aromatic N) is 1. The van der Waals surface area contributed by atoms with Gasteiger partial charge >= 0.3 is 0 Å². The Bertz CT molecular complexity index is 434. The number of carbonyl (C=O) groups excluding carboxylic acids is 1. The van der Waals surface area contributed by atoms with E-state index >= 15 is 0 Å². The number of nitrogens with one attached hydrogen (secondary N) is 1. The summed E-state index contributed by atoms with van der Waals surface area (Å²) in [5.74, 6) is 0.341. The van der Waals surface area contributed by atoms with Crippen LogP contribution in [0.1, 0.15) is 36.2 Å². The maximum Gasteiger partial charge on any atom is 0.268 e. The van der Waals surface area contributed by atoms with E-state index in [1.165, 1.54) is 6.42 Å². The van der Waals surface area contributed by atoms with Crippen molar-refractivity contribution in [1.82, 2.24) is 9.88 Å². The summed E-state index contributed by atoms with van der Waals surface area (Å²) in [4.78, 5) is 12.2. The van der Waals surface area contributed by atoms with Gasteiger partial charge in [0.1, 0.15) is 5.69 Å². The van der Waals surface area contributed by atoms with Crippen LogP contribution in [0, 0.1) is 5.92 Å². The summed E-state index contributed by atoms with van der Waals surface area (Å²) in [6.45, 7) is 0.638. The van der Waals surface area contributed by atoms with Crippen LogP contribution in [-0.2, 0) is 7.05 Å². The van der Waals surface area contributed by atoms with Crippen LogP contribution < -0.4 is 11.1 Å². The Hall–Kier alpha value is -0.710. The summed E-state index contributed by atoms with van der Waals surface area (Å²) in [6.07, 6.45) is 6.23. The van der Waals surface area contributed by atoms with Gasteiger partial charge in [-0.05, 0) is 31.4 Å². The second-order valence-corrected chi connectivity index (χ2v) is 5.45. The third-order valence-electron chi connectivity index (χ3n) is 3.73. The summed E-state index contributed by atoms with van der Waals surface area (Å²) in [5, 5.41) is 3.68. The molecular weight excluding hydrogens is 285 g/mol. The van der Waals surface area contributed by atoms with Gasteiger partial charge in [-0.3, -0.25) is 4.79 Å². The first-order valence-corrected chi connectivity index (χ1v) is 6.82. The van der Waals surface area contributed by atoms with Crippen LogP contribution in [0.4, 0.5) is 0 Å². The molecular formula is C13H21Cl2N3O.